The van der Waals surface area contributed by atoms with Crippen molar-refractivity contribution < 1.29 is 28.6 Å². The van der Waals surface area contributed by atoms with E-state index < -0.39 is 6.10 Å². The Morgan fingerprint density at radius 1 is 0.362 bits per heavy atom. The van der Waals surface area contributed by atoms with Crippen LogP contribution in [0.4, 0.5) is 0 Å². The zero-order chi connectivity index (χ0) is 42.6. The smallest absolute Gasteiger partial charge is 0.306 e. The SMILES string of the molecule is CCCCCCCC(=O)OC[C@@H](COC(=O)CCCCCCCCCCCCCCCCC(C)CC)OC(=O)CCCCCCCCCCCCCCCCC(C)C. The van der Waals surface area contributed by atoms with E-state index in [1.807, 2.05) is 0 Å². The maximum Gasteiger partial charge on any atom is 0.306 e. The molecular weight excluding hydrogens is 721 g/mol. The average Bonchev–Trinajstić information content (AvgIpc) is 3.21. The second kappa shape index (κ2) is 44.9. The maximum atomic E-state index is 12.7. The molecule has 0 amide bonds. The van der Waals surface area contributed by atoms with Crippen molar-refractivity contribution in [1.82, 2.24) is 0 Å². The third-order valence-corrected chi connectivity index (χ3v) is 12.1. The highest BCUT2D eigenvalue weighted by molar-refractivity contribution is 5.71. The first-order chi connectivity index (χ1) is 28.3. The van der Waals surface area contributed by atoms with Crippen molar-refractivity contribution in [2.45, 2.75) is 291 Å². The summed E-state index contributed by atoms with van der Waals surface area (Å²) in [6.07, 6.45) is 45.4. The minimum atomic E-state index is -0.759. The lowest BCUT2D eigenvalue weighted by Crippen LogP contribution is -2.30. The van der Waals surface area contributed by atoms with Gasteiger partial charge in [0.15, 0.2) is 6.10 Å². The number of carbonyl (C=O) groups is 3. The molecule has 2 atom stereocenters. The van der Waals surface area contributed by atoms with Crippen LogP contribution in [0.15, 0.2) is 0 Å². The zero-order valence-electron chi connectivity index (χ0n) is 39.7. The zero-order valence-corrected chi connectivity index (χ0v) is 39.7. The van der Waals surface area contributed by atoms with E-state index in [-0.39, 0.29) is 31.1 Å². The van der Waals surface area contributed by atoms with Gasteiger partial charge in [0.1, 0.15) is 13.2 Å². The fourth-order valence-electron chi connectivity index (χ4n) is 7.78. The molecule has 0 aromatic rings. The molecule has 0 heterocycles. The van der Waals surface area contributed by atoms with Gasteiger partial charge in [0, 0.05) is 19.3 Å². The topological polar surface area (TPSA) is 78.9 Å². The molecule has 1 unspecified atom stereocenters. The van der Waals surface area contributed by atoms with Crippen molar-refractivity contribution >= 4 is 17.9 Å². The first kappa shape index (κ1) is 56.4. The Hall–Kier alpha value is -1.59. The lowest BCUT2D eigenvalue weighted by molar-refractivity contribution is -0.167. The first-order valence-electron chi connectivity index (χ1n) is 25.8. The van der Waals surface area contributed by atoms with Gasteiger partial charge in [-0.25, -0.2) is 0 Å². The van der Waals surface area contributed by atoms with Crippen LogP contribution in [-0.4, -0.2) is 37.2 Å². The maximum absolute atomic E-state index is 12.7. The lowest BCUT2D eigenvalue weighted by atomic mass is 9.99. The van der Waals surface area contributed by atoms with Crippen LogP contribution in [0.2, 0.25) is 0 Å². The molecule has 6 nitrogen and oxygen atoms in total. The third kappa shape index (κ3) is 44.0. The summed E-state index contributed by atoms with van der Waals surface area (Å²) in [5, 5.41) is 0. The molecule has 58 heavy (non-hydrogen) atoms. The van der Waals surface area contributed by atoms with Gasteiger partial charge < -0.3 is 14.2 Å². The molecule has 0 aromatic carbocycles. The largest absolute Gasteiger partial charge is 0.462 e. The second-order valence-electron chi connectivity index (χ2n) is 18.5. The molecule has 0 spiro atoms. The van der Waals surface area contributed by atoms with E-state index in [2.05, 4.69) is 34.6 Å². The monoisotopic (exact) mass is 821 g/mol. The molecular formula is C52H100O6. The molecule has 0 aliphatic rings. The van der Waals surface area contributed by atoms with E-state index in [1.165, 1.54) is 167 Å². The van der Waals surface area contributed by atoms with Gasteiger partial charge in [0.2, 0.25) is 0 Å². The van der Waals surface area contributed by atoms with Crippen LogP contribution in [0.3, 0.4) is 0 Å². The number of hydrogen-bond acceptors (Lipinski definition) is 6. The normalized spacial score (nSPS) is 12.5. The highest BCUT2D eigenvalue weighted by Crippen LogP contribution is 2.18. The summed E-state index contributed by atoms with van der Waals surface area (Å²) in [6.45, 7) is 11.3. The predicted molar refractivity (Wildman–Crippen MR) is 247 cm³/mol. The average molecular weight is 821 g/mol. The summed E-state index contributed by atoms with van der Waals surface area (Å²) >= 11 is 0. The number of esters is 3. The van der Waals surface area contributed by atoms with E-state index in [1.54, 1.807) is 0 Å². The van der Waals surface area contributed by atoms with Gasteiger partial charge in [-0.05, 0) is 31.1 Å². The Labute approximate surface area is 361 Å². The molecule has 0 rings (SSSR count). The van der Waals surface area contributed by atoms with Gasteiger partial charge in [0.25, 0.3) is 0 Å². The Balaban J connectivity index is 4.11. The molecule has 0 aliphatic heterocycles. The fraction of sp³-hybridized carbons (Fsp3) is 0.942. The Kier molecular flexibility index (Phi) is 43.7. The van der Waals surface area contributed by atoms with E-state index >= 15 is 0 Å². The first-order valence-corrected chi connectivity index (χ1v) is 25.8. The number of carbonyl (C=O) groups excluding carboxylic acids is 3. The highest BCUT2D eigenvalue weighted by atomic mass is 16.6. The number of ether oxygens (including phenoxy) is 3. The van der Waals surface area contributed by atoms with Crippen molar-refractivity contribution in [2.24, 2.45) is 11.8 Å². The third-order valence-electron chi connectivity index (χ3n) is 12.1. The lowest BCUT2D eigenvalue weighted by Gasteiger charge is -2.18. The highest BCUT2D eigenvalue weighted by Gasteiger charge is 2.19. The van der Waals surface area contributed by atoms with Crippen molar-refractivity contribution in [2.75, 3.05) is 13.2 Å². The summed E-state index contributed by atoms with van der Waals surface area (Å²) in [7, 11) is 0. The number of unbranched alkanes of at least 4 members (excludes halogenated alkanes) is 30. The summed E-state index contributed by atoms with van der Waals surface area (Å²) in [5.74, 6) is 0.877. The quantitative estimate of drug-likeness (QED) is 0.0346. The van der Waals surface area contributed by atoms with Crippen molar-refractivity contribution in [3.8, 4) is 0 Å². The van der Waals surface area contributed by atoms with E-state index in [9.17, 15) is 14.4 Å². The van der Waals surface area contributed by atoms with Crippen LogP contribution in [0, 0.1) is 11.8 Å². The molecule has 0 bridgehead atoms. The Morgan fingerprint density at radius 2 is 0.655 bits per heavy atom. The van der Waals surface area contributed by atoms with Gasteiger partial charge >= 0.3 is 17.9 Å². The molecule has 0 saturated carbocycles. The number of hydrogen-bond donors (Lipinski definition) is 0. The second-order valence-corrected chi connectivity index (χ2v) is 18.5. The van der Waals surface area contributed by atoms with Crippen LogP contribution in [-0.2, 0) is 28.6 Å². The summed E-state index contributed by atoms with van der Waals surface area (Å²) < 4.78 is 16.7. The molecule has 0 aliphatic carbocycles. The molecule has 0 N–H and O–H groups in total. The van der Waals surface area contributed by atoms with E-state index in [4.69, 9.17) is 14.2 Å². The van der Waals surface area contributed by atoms with Crippen molar-refractivity contribution in [3.05, 3.63) is 0 Å². The summed E-state index contributed by atoms with van der Waals surface area (Å²) in [5.41, 5.74) is 0. The fourth-order valence-corrected chi connectivity index (χ4v) is 7.78. The minimum absolute atomic E-state index is 0.0646. The summed E-state index contributed by atoms with van der Waals surface area (Å²) in [4.78, 5) is 37.6. The minimum Gasteiger partial charge on any atom is -0.462 e. The van der Waals surface area contributed by atoms with Crippen LogP contribution in [0.5, 0.6) is 0 Å². The molecule has 344 valence electrons. The van der Waals surface area contributed by atoms with Crippen molar-refractivity contribution in [3.63, 3.8) is 0 Å². The molecule has 0 aromatic heterocycles. The number of rotatable bonds is 46. The van der Waals surface area contributed by atoms with Crippen LogP contribution < -0.4 is 0 Å². The molecule has 6 heteroatoms. The van der Waals surface area contributed by atoms with E-state index in [0.717, 1.165) is 76.0 Å². The standard InChI is InChI=1S/C52H100O6/c1-6-8-9-30-37-42-50(53)56-45-49(58-52(55)44-39-34-29-25-21-17-12-10-14-18-22-26-31-35-40-47(3)4)46-57-51(54)43-38-33-28-24-20-16-13-11-15-19-23-27-32-36-41-48(5)7-2/h47-49H,6-46H2,1-5H3/t48?,49-/m0/s1. The summed E-state index contributed by atoms with van der Waals surface area (Å²) in [6, 6.07) is 0. The van der Waals surface area contributed by atoms with Gasteiger partial charge in [-0.1, -0.05) is 247 Å². The van der Waals surface area contributed by atoms with Gasteiger partial charge in [-0.2, -0.15) is 0 Å². The van der Waals surface area contributed by atoms with Crippen LogP contribution >= 0.6 is 0 Å². The van der Waals surface area contributed by atoms with Crippen LogP contribution in [0.25, 0.3) is 0 Å². The van der Waals surface area contributed by atoms with Gasteiger partial charge in [-0.15, -0.1) is 0 Å². The molecule has 0 saturated heterocycles. The Morgan fingerprint density at radius 3 is 0.983 bits per heavy atom. The van der Waals surface area contributed by atoms with Gasteiger partial charge in [-0.3, -0.25) is 14.4 Å². The molecule has 0 fully saturated rings. The van der Waals surface area contributed by atoms with E-state index in [0.29, 0.717) is 19.3 Å². The van der Waals surface area contributed by atoms with Crippen LogP contribution in [0.1, 0.15) is 285 Å². The van der Waals surface area contributed by atoms with Gasteiger partial charge in [0.05, 0.1) is 0 Å². The Bertz CT molecular complexity index is 887. The molecule has 0 radical (unpaired) electrons. The van der Waals surface area contributed by atoms with Crippen molar-refractivity contribution in [1.29, 1.82) is 0 Å². The predicted octanol–water partition coefficient (Wildman–Crippen LogP) is 16.5.